The van der Waals surface area contributed by atoms with E-state index in [0.29, 0.717) is 53.0 Å². The fraction of sp³-hybridized carbons (Fsp3) is 0.441. The third-order valence-corrected chi connectivity index (χ3v) is 9.25. The number of halogens is 1. The van der Waals surface area contributed by atoms with Crippen LogP contribution in [0.3, 0.4) is 0 Å². The van der Waals surface area contributed by atoms with Crippen molar-refractivity contribution < 1.29 is 14.2 Å². The van der Waals surface area contributed by atoms with Crippen molar-refractivity contribution in [2.75, 3.05) is 45.2 Å². The van der Waals surface area contributed by atoms with Crippen molar-refractivity contribution in [1.82, 2.24) is 25.2 Å². The zero-order valence-corrected chi connectivity index (χ0v) is 25.0. The SMILES string of the molecule is C#Cc1c(F)ccc2cc(O)cc(-c3cnc4c(N5CC6CC[C@H](C5)N6)nc(OCC5(CN(C)C)CC5)nc4c3CC)c12. The second-order valence-corrected chi connectivity index (χ2v) is 12.8. The van der Waals surface area contributed by atoms with Crippen LogP contribution in [0.15, 0.2) is 30.5 Å². The maximum Gasteiger partial charge on any atom is 0.319 e. The lowest BCUT2D eigenvalue weighted by Crippen LogP contribution is -2.51. The van der Waals surface area contributed by atoms with E-state index in [2.05, 4.69) is 42.1 Å². The number of anilines is 1. The first-order valence-corrected chi connectivity index (χ1v) is 15.2. The van der Waals surface area contributed by atoms with Gasteiger partial charge in [0.05, 0.1) is 12.2 Å². The summed E-state index contributed by atoms with van der Waals surface area (Å²) < 4.78 is 21.3. The summed E-state index contributed by atoms with van der Waals surface area (Å²) in [5, 5.41) is 15.6. The van der Waals surface area contributed by atoms with Gasteiger partial charge in [0.2, 0.25) is 0 Å². The third-order valence-electron chi connectivity index (χ3n) is 9.25. The summed E-state index contributed by atoms with van der Waals surface area (Å²) >= 11 is 0. The number of hydrogen-bond donors (Lipinski definition) is 2. The Balaban J connectivity index is 1.41. The molecular weight excluding hydrogens is 543 g/mol. The summed E-state index contributed by atoms with van der Waals surface area (Å²) in [5.74, 6) is 2.91. The van der Waals surface area contributed by atoms with Gasteiger partial charge in [0.15, 0.2) is 5.82 Å². The van der Waals surface area contributed by atoms with Crippen LogP contribution in [0, 0.1) is 23.6 Å². The maximum absolute atomic E-state index is 14.9. The van der Waals surface area contributed by atoms with Gasteiger partial charge in [-0.15, -0.1) is 6.42 Å². The van der Waals surface area contributed by atoms with Crippen molar-refractivity contribution in [1.29, 1.82) is 0 Å². The molecule has 1 saturated carbocycles. The van der Waals surface area contributed by atoms with Crippen LogP contribution in [0.4, 0.5) is 10.2 Å². The normalized spacial score (nSPS) is 20.6. The van der Waals surface area contributed by atoms with Crippen LogP contribution < -0.4 is 15.0 Å². The summed E-state index contributed by atoms with van der Waals surface area (Å²) in [6.07, 6.45) is 12.8. The molecule has 1 aliphatic carbocycles. The minimum atomic E-state index is -0.478. The van der Waals surface area contributed by atoms with Crippen molar-refractivity contribution in [3.05, 3.63) is 47.4 Å². The number of aromatic nitrogens is 3. The molecule has 2 aromatic heterocycles. The molecule has 222 valence electrons. The highest BCUT2D eigenvalue weighted by Crippen LogP contribution is 2.46. The summed E-state index contributed by atoms with van der Waals surface area (Å²) in [6, 6.07) is 7.41. The first kappa shape index (κ1) is 27.8. The summed E-state index contributed by atoms with van der Waals surface area (Å²) in [6.45, 7) is 5.27. The van der Waals surface area contributed by atoms with Crippen molar-refractivity contribution in [3.8, 4) is 35.2 Å². The Bertz CT molecular complexity index is 1770. The van der Waals surface area contributed by atoms with E-state index in [9.17, 15) is 9.50 Å². The Morgan fingerprint density at radius 3 is 2.58 bits per heavy atom. The quantitative estimate of drug-likeness (QED) is 0.285. The number of phenolic OH excluding ortho intramolecular Hbond substituents is 1. The number of ether oxygens (including phenoxy) is 1. The number of nitrogens with one attached hydrogen (secondary N) is 1. The van der Waals surface area contributed by atoms with Gasteiger partial charge in [-0.05, 0) is 80.9 Å². The minimum Gasteiger partial charge on any atom is -0.508 e. The van der Waals surface area contributed by atoms with Crippen LogP contribution in [-0.2, 0) is 6.42 Å². The van der Waals surface area contributed by atoms with E-state index in [4.69, 9.17) is 26.1 Å². The fourth-order valence-corrected chi connectivity index (χ4v) is 7.12. The minimum absolute atomic E-state index is 0.0681. The number of nitrogens with zero attached hydrogens (tertiary/aromatic N) is 5. The number of fused-ring (bicyclic) bond motifs is 4. The maximum atomic E-state index is 14.9. The topological polar surface area (TPSA) is 86.6 Å². The number of benzene rings is 2. The summed E-state index contributed by atoms with van der Waals surface area (Å²) in [4.78, 5) is 19.5. The summed E-state index contributed by atoms with van der Waals surface area (Å²) in [7, 11) is 4.18. The lowest BCUT2D eigenvalue weighted by molar-refractivity contribution is 0.183. The van der Waals surface area contributed by atoms with Gasteiger partial charge < -0.3 is 25.0 Å². The molecule has 4 heterocycles. The zero-order chi connectivity index (χ0) is 29.9. The van der Waals surface area contributed by atoms with E-state index in [0.717, 1.165) is 67.8 Å². The molecule has 3 fully saturated rings. The molecule has 4 aromatic rings. The van der Waals surface area contributed by atoms with E-state index in [1.807, 2.05) is 0 Å². The highest BCUT2D eigenvalue weighted by Gasteiger charge is 2.44. The first-order valence-electron chi connectivity index (χ1n) is 15.2. The van der Waals surface area contributed by atoms with Gasteiger partial charge in [-0.1, -0.05) is 18.9 Å². The molecule has 3 aliphatic rings. The zero-order valence-electron chi connectivity index (χ0n) is 25.0. The number of piperazine rings is 1. The Kier molecular flexibility index (Phi) is 6.87. The number of pyridine rings is 1. The monoisotopic (exact) mass is 580 g/mol. The number of rotatable bonds is 8. The third kappa shape index (κ3) is 5.02. The predicted octanol–water partition coefficient (Wildman–Crippen LogP) is 4.89. The molecule has 1 unspecified atom stereocenters. The molecule has 0 radical (unpaired) electrons. The number of hydrogen-bond acceptors (Lipinski definition) is 8. The van der Waals surface area contributed by atoms with Crippen LogP contribution in [0.25, 0.3) is 32.9 Å². The average Bonchev–Trinajstić information content (AvgIpc) is 3.67. The van der Waals surface area contributed by atoms with Crippen LogP contribution in [0.1, 0.15) is 43.7 Å². The Labute approximate surface area is 251 Å². The van der Waals surface area contributed by atoms with Gasteiger partial charge in [0.1, 0.15) is 22.6 Å². The number of aromatic hydroxyl groups is 1. The fourth-order valence-electron chi connectivity index (χ4n) is 7.12. The standard InChI is InChI=1S/C34H37FN6O2/c1-5-24-27(26-14-23(42)13-20-7-10-28(35)25(6-2)29(20)26)15-36-31-30(24)38-33(43-19-34(11-12-34)18-40(3)4)39-32(31)41-16-21-8-9-22(17-41)37-21/h2,7,10,13-15,21-22,37,42H,5,8-9,11-12,16-19H2,1,3-4H3/t21-,22?/m1/s1. The van der Waals surface area contributed by atoms with Gasteiger partial charge in [-0.2, -0.15) is 9.97 Å². The Hall–Kier alpha value is -4.00. The van der Waals surface area contributed by atoms with Crippen molar-refractivity contribution in [2.24, 2.45) is 5.41 Å². The second-order valence-electron chi connectivity index (χ2n) is 12.8. The van der Waals surface area contributed by atoms with Gasteiger partial charge in [0, 0.05) is 54.3 Å². The molecule has 2 aromatic carbocycles. The highest BCUT2D eigenvalue weighted by molar-refractivity contribution is 6.04. The average molecular weight is 581 g/mol. The van der Waals surface area contributed by atoms with Crippen LogP contribution in [0.5, 0.6) is 11.8 Å². The van der Waals surface area contributed by atoms with Crippen molar-refractivity contribution >= 4 is 27.6 Å². The lowest BCUT2D eigenvalue weighted by Gasteiger charge is -2.34. The molecule has 8 nitrogen and oxygen atoms in total. The smallest absolute Gasteiger partial charge is 0.319 e. The van der Waals surface area contributed by atoms with Gasteiger partial charge in [0.25, 0.3) is 0 Å². The molecule has 43 heavy (non-hydrogen) atoms. The molecule has 7 rings (SSSR count). The van der Waals surface area contributed by atoms with Crippen LogP contribution in [0.2, 0.25) is 0 Å². The van der Waals surface area contributed by atoms with E-state index in [1.165, 1.54) is 6.07 Å². The van der Waals surface area contributed by atoms with Gasteiger partial charge in [-0.25, -0.2) is 4.39 Å². The van der Waals surface area contributed by atoms with Crippen LogP contribution >= 0.6 is 0 Å². The van der Waals surface area contributed by atoms with Gasteiger partial charge >= 0.3 is 6.01 Å². The number of phenols is 1. The molecule has 2 saturated heterocycles. The second kappa shape index (κ2) is 10.6. The molecule has 2 aliphatic heterocycles. The van der Waals surface area contributed by atoms with E-state index in [-0.39, 0.29) is 16.7 Å². The number of terminal acetylenes is 1. The predicted molar refractivity (Wildman–Crippen MR) is 167 cm³/mol. The summed E-state index contributed by atoms with van der Waals surface area (Å²) in [5.41, 5.74) is 4.01. The molecule has 0 spiro atoms. The highest BCUT2D eigenvalue weighted by atomic mass is 19.1. The largest absolute Gasteiger partial charge is 0.508 e. The van der Waals surface area contributed by atoms with Gasteiger partial charge in [-0.3, -0.25) is 4.98 Å². The van der Waals surface area contributed by atoms with E-state index < -0.39 is 5.82 Å². The molecular formula is C34H37FN6O2. The van der Waals surface area contributed by atoms with E-state index >= 15 is 0 Å². The molecule has 2 atom stereocenters. The first-order chi connectivity index (χ1) is 20.8. The molecule has 2 N–H and O–H groups in total. The van der Waals surface area contributed by atoms with Crippen molar-refractivity contribution in [3.63, 3.8) is 0 Å². The lowest BCUT2D eigenvalue weighted by atomic mass is 9.91. The Morgan fingerprint density at radius 2 is 1.91 bits per heavy atom. The molecule has 9 heteroatoms. The van der Waals surface area contributed by atoms with Crippen LogP contribution in [-0.4, -0.2) is 77.4 Å². The van der Waals surface area contributed by atoms with E-state index in [1.54, 1.807) is 24.4 Å². The molecule has 2 bridgehead atoms. The van der Waals surface area contributed by atoms with Crippen molar-refractivity contribution in [2.45, 2.75) is 51.1 Å². The Morgan fingerprint density at radius 1 is 1.14 bits per heavy atom. The molecule has 0 amide bonds. The number of aryl methyl sites for hydroxylation is 1.